The molecule has 138 valence electrons. The summed E-state index contributed by atoms with van der Waals surface area (Å²) in [6.45, 7) is 4.21. The molecule has 0 saturated carbocycles. The molecule has 7 heteroatoms. The second-order valence-electron chi connectivity index (χ2n) is 5.52. The van der Waals surface area contributed by atoms with Crippen molar-refractivity contribution >= 4 is 46.4 Å². The molecule has 26 heavy (non-hydrogen) atoms. The first-order chi connectivity index (χ1) is 12.4. The number of hydrogen-bond donors (Lipinski definition) is 1. The lowest BCUT2D eigenvalue weighted by molar-refractivity contribution is -0.117. The van der Waals surface area contributed by atoms with Gasteiger partial charge in [-0.1, -0.05) is 23.2 Å². The van der Waals surface area contributed by atoms with E-state index in [2.05, 4.69) is 5.32 Å². The monoisotopic (exact) mass is 394 g/mol. The van der Waals surface area contributed by atoms with Crippen LogP contribution in [0.25, 0.3) is 0 Å². The van der Waals surface area contributed by atoms with Gasteiger partial charge in [0.1, 0.15) is 5.75 Å². The van der Waals surface area contributed by atoms with Crippen molar-refractivity contribution in [2.75, 3.05) is 23.4 Å². The third kappa shape index (κ3) is 5.64. The first-order valence-corrected chi connectivity index (χ1v) is 8.92. The smallest absolute Gasteiger partial charge is 0.226 e. The van der Waals surface area contributed by atoms with Gasteiger partial charge in [-0.05, 0) is 49.4 Å². The molecular formula is C19H20Cl2N2O3. The maximum absolute atomic E-state index is 12.2. The Morgan fingerprint density at radius 1 is 1.08 bits per heavy atom. The Morgan fingerprint density at radius 2 is 1.77 bits per heavy atom. The lowest BCUT2D eigenvalue weighted by Gasteiger charge is -2.21. The van der Waals surface area contributed by atoms with Gasteiger partial charge in [0.15, 0.2) is 0 Å². The van der Waals surface area contributed by atoms with Crippen LogP contribution in [0.4, 0.5) is 11.4 Å². The quantitative estimate of drug-likeness (QED) is 0.735. The molecule has 0 saturated heterocycles. The third-order valence-corrected chi connectivity index (χ3v) is 4.34. The Balaban J connectivity index is 1.98. The highest BCUT2D eigenvalue weighted by molar-refractivity contribution is 6.42. The molecule has 0 aliphatic heterocycles. The van der Waals surface area contributed by atoms with Gasteiger partial charge in [-0.2, -0.15) is 0 Å². The number of anilines is 2. The van der Waals surface area contributed by atoms with Crippen LogP contribution in [-0.4, -0.2) is 25.0 Å². The van der Waals surface area contributed by atoms with Gasteiger partial charge >= 0.3 is 0 Å². The van der Waals surface area contributed by atoms with Gasteiger partial charge in [-0.25, -0.2) is 0 Å². The van der Waals surface area contributed by atoms with Crippen molar-refractivity contribution in [3.8, 4) is 5.75 Å². The third-order valence-electron chi connectivity index (χ3n) is 3.61. The topological polar surface area (TPSA) is 58.6 Å². The summed E-state index contributed by atoms with van der Waals surface area (Å²) in [5, 5.41) is 3.53. The van der Waals surface area contributed by atoms with Crippen molar-refractivity contribution in [3.05, 3.63) is 52.5 Å². The van der Waals surface area contributed by atoms with E-state index in [4.69, 9.17) is 27.9 Å². The zero-order chi connectivity index (χ0) is 19.1. The standard InChI is InChI=1S/C19H20Cl2N2O3/c1-3-26-16-7-5-15(6-8-16)23(13(2)24)11-10-19(25)22-14-4-9-17(20)18(21)12-14/h4-9,12H,3,10-11H2,1-2H3,(H,22,25). The predicted octanol–water partition coefficient (Wildman–Crippen LogP) is 4.77. The molecule has 0 aromatic heterocycles. The molecule has 2 aromatic rings. The lowest BCUT2D eigenvalue weighted by atomic mass is 10.2. The number of carbonyl (C=O) groups is 2. The van der Waals surface area contributed by atoms with Gasteiger partial charge in [-0.3, -0.25) is 9.59 Å². The van der Waals surface area contributed by atoms with Crippen LogP contribution in [-0.2, 0) is 9.59 Å². The van der Waals surface area contributed by atoms with Gasteiger partial charge in [0.05, 0.1) is 16.7 Å². The highest BCUT2D eigenvalue weighted by atomic mass is 35.5. The summed E-state index contributed by atoms with van der Waals surface area (Å²) in [5.74, 6) is 0.370. The van der Waals surface area contributed by atoms with E-state index in [1.54, 1.807) is 47.4 Å². The summed E-state index contributed by atoms with van der Waals surface area (Å²) in [6, 6.07) is 12.0. The minimum absolute atomic E-state index is 0.142. The first-order valence-electron chi connectivity index (χ1n) is 8.16. The van der Waals surface area contributed by atoms with E-state index in [-0.39, 0.29) is 24.8 Å². The van der Waals surface area contributed by atoms with E-state index in [1.165, 1.54) is 6.92 Å². The molecular weight excluding hydrogens is 375 g/mol. The SMILES string of the molecule is CCOc1ccc(N(CCC(=O)Nc2ccc(Cl)c(Cl)c2)C(C)=O)cc1. The Hall–Kier alpha value is -2.24. The van der Waals surface area contributed by atoms with Crippen LogP contribution in [0.2, 0.25) is 10.0 Å². The average Bonchev–Trinajstić information content (AvgIpc) is 2.60. The van der Waals surface area contributed by atoms with Gasteiger partial charge in [0.25, 0.3) is 0 Å². The minimum Gasteiger partial charge on any atom is -0.494 e. The number of amides is 2. The molecule has 2 aromatic carbocycles. The number of ether oxygens (including phenoxy) is 1. The van der Waals surface area contributed by atoms with Crippen molar-refractivity contribution in [3.63, 3.8) is 0 Å². The normalized spacial score (nSPS) is 10.3. The second kappa shape index (κ2) is 9.46. The molecule has 2 rings (SSSR count). The number of benzene rings is 2. The van der Waals surface area contributed by atoms with Gasteiger partial charge in [0.2, 0.25) is 11.8 Å². The van der Waals surface area contributed by atoms with Crippen LogP contribution in [0, 0.1) is 0 Å². The van der Waals surface area contributed by atoms with Gasteiger partial charge in [-0.15, -0.1) is 0 Å². The van der Waals surface area contributed by atoms with Crippen LogP contribution < -0.4 is 15.0 Å². The highest BCUT2D eigenvalue weighted by Crippen LogP contribution is 2.25. The molecule has 0 atom stereocenters. The molecule has 2 amide bonds. The minimum atomic E-state index is -0.222. The lowest BCUT2D eigenvalue weighted by Crippen LogP contribution is -2.31. The van der Waals surface area contributed by atoms with E-state index in [1.807, 2.05) is 6.92 Å². The Kier molecular flexibility index (Phi) is 7.30. The van der Waals surface area contributed by atoms with Crippen molar-refractivity contribution in [2.24, 2.45) is 0 Å². The predicted molar refractivity (Wildman–Crippen MR) is 105 cm³/mol. The Labute approximate surface area is 162 Å². The molecule has 0 unspecified atom stereocenters. The molecule has 0 fully saturated rings. The first kappa shape index (κ1) is 20.1. The van der Waals surface area contributed by atoms with Crippen LogP contribution in [0.15, 0.2) is 42.5 Å². The molecule has 0 aliphatic rings. The number of nitrogens with zero attached hydrogens (tertiary/aromatic N) is 1. The van der Waals surface area contributed by atoms with Crippen molar-refractivity contribution < 1.29 is 14.3 Å². The van der Waals surface area contributed by atoms with Crippen LogP contribution in [0.3, 0.4) is 0 Å². The highest BCUT2D eigenvalue weighted by Gasteiger charge is 2.14. The molecule has 0 aliphatic carbocycles. The van der Waals surface area contributed by atoms with Crippen molar-refractivity contribution in [1.29, 1.82) is 0 Å². The average molecular weight is 395 g/mol. The largest absolute Gasteiger partial charge is 0.494 e. The Bertz CT molecular complexity index is 779. The van der Waals surface area contributed by atoms with Gasteiger partial charge in [0, 0.05) is 31.3 Å². The number of nitrogens with one attached hydrogen (secondary N) is 1. The fraction of sp³-hybridized carbons (Fsp3) is 0.263. The summed E-state index contributed by atoms with van der Waals surface area (Å²) in [5.41, 5.74) is 1.27. The number of halogens is 2. The fourth-order valence-electron chi connectivity index (χ4n) is 2.37. The summed E-state index contributed by atoms with van der Waals surface area (Å²) in [6.07, 6.45) is 0.146. The Morgan fingerprint density at radius 3 is 2.35 bits per heavy atom. The number of rotatable bonds is 7. The van der Waals surface area contributed by atoms with Crippen molar-refractivity contribution in [1.82, 2.24) is 0 Å². The molecule has 1 N–H and O–H groups in total. The van der Waals surface area contributed by atoms with E-state index in [0.29, 0.717) is 28.0 Å². The second-order valence-corrected chi connectivity index (χ2v) is 6.34. The van der Waals surface area contributed by atoms with E-state index >= 15 is 0 Å². The van der Waals surface area contributed by atoms with Crippen LogP contribution in [0.1, 0.15) is 20.3 Å². The van der Waals surface area contributed by atoms with Crippen molar-refractivity contribution in [2.45, 2.75) is 20.3 Å². The van der Waals surface area contributed by atoms with E-state index < -0.39 is 0 Å². The number of carbonyl (C=O) groups excluding carboxylic acids is 2. The molecule has 0 heterocycles. The van der Waals surface area contributed by atoms with Crippen LogP contribution >= 0.6 is 23.2 Å². The zero-order valence-electron chi connectivity index (χ0n) is 14.6. The zero-order valence-corrected chi connectivity index (χ0v) is 16.1. The van der Waals surface area contributed by atoms with Crippen LogP contribution in [0.5, 0.6) is 5.75 Å². The summed E-state index contributed by atoms with van der Waals surface area (Å²) >= 11 is 11.8. The van der Waals surface area contributed by atoms with E-state index in [0.717, 1.165) is 5.75 Å². The summed E-state index contributed by atoms with van der Waals surface area (Å²) < 4.78 is 5.40. The molecule has 5 nitrogen and oxygen atoms in total. The summed E-state index contributed by atoms with van der Waals surface area (Å²) in [4.78, 5) is 25.6. The summed E-state index contributed by atoms with van der Waals surface area (Å²) in [7, 11) is 0. The molecule has 0 bridgehead atoms. The maximum atomic E-state index is 12.2. The maximum Gasteiger partial charge on any atom is 0.226 e. The molecule has 0 radical (unpaired) electrons. The fourth-order valence-corrected chi connectivity index (χ4v) is 2.67. The van der Waals surface area contributed by atoms with E-state index in [9.17, 15) is 9.59 Å². The molecule has 0 spiro atoms. The van der Waals surface area contributed by atoms with Gasteiger partial charge < -0.3 is 15.0 Å². The number of hydrogen-bond acceptors (Lipinski definition) is 3.